The highest BCUT2D eigenvalue weighted by Crippen LogP contribution is 2.56. The van der Waals surface area contributed by atoms with E-state index in [0.717, 1.165) is 0 Å². The lowest BCUT2D eigenvalue weighted by Crippen LogP contribution is -2.53. The summed E-state index contributed by atoms with van der Waals surface area (Å²) >= 11 is 19.2. The molecule has 0 saturated heterocycles. The molecule has 2 aromatic carbocycles. The molecule has 35 heavy (non-hydrogen) atoms. The number of carbonyl (C=O) groups is 3. The van der Waals surface area contributed by atoms with E-state index in [0.29, 0.717) is 40.5 Å². The van der Waals surface area contributed by atoms with E-state index >= 15 is 0 Å². The number of anilines is 2. The molecule has 1 amide bonds. The van der Waals surface area contributed by atoms with Gasteiger partial charge in [0, 0.05) is 34.0 Å². The van der Waals surface area contributed by atoms with Gasteiger partial charge in [-0.1, -0.05) is 40.9 Å². The van der Waals surface area contributed by atoms with Crippen LogP contribution in [0, 0.1) is 0 Å². The van der Waals surface area contributed by atoms with Crippen LogP contribution in [0.3, 0.4) is 0 Å². The number of nitrogens with two attached hydrogens (primary N) is 1. The maximum absolute atomic E-state index is 13.8. The molecule has 0 bridgehead atoms. The number of esters is 1. The van der Waals surface area contributed by atoms with Gasteiger partial charge in [0.2, 0.25) is 5.91 Å². The Morgan fingerprint density at radius 3 is 2.69 bits per heavy atom. The van der Waals surface area contributed by atoms with E-state index in [-0.39, 0.29) is 45.8 Å². The summed E-state index contributed by atoms with van der Waals surface area (Å²) in [4.78, 5) is 42.5. The Morgan fingerprint density at radius 1 is 1.17 bits per heavy atom. The zero-order valence-electron chi connectivity index (χ0n) is 18.6. The molecule has 1 spiro atoms. The van der Waals surface area contributed by atoms with Crippen LogP contribution in [0.15, 0.2) is 59.1 Å². The van der Waals surface area contributed by atoms with Crippen LogP contribution in [0.4, 0.5) is 11.4 Å². The Labute approximate surface area is 216 Å². The van der Waals surface area contributed by atoms with Crippen molar-refractivity contribution in [2.24, 2.45) is 5.73 Å². The normalized spacial score (nSPS) is 21.3. The van der Waals surface area contributed by atoms with Crippen LogP contribution in [0.5, 0.6) is 0 Å². The van der Waals surface area contributed by atoms with E-state index < -0.39 is 17.3 Å². The average Bonchev–Trinajstić information content (AvgIpc) is 3.08. The number of carbonyl (C=O) groups excluding carboxylic acids is 3. The van der Waals surface area contributed by atoms with Crippen LogP contribution in [0.2, 0.25) is 15.1 Å². The number of rotatable bonds is 3. The number of allylic oxidation sites excluding steroid dienone is 1. The fourth-order valence-corrected chi connectivity index (χ4v) is 5.77. The Bertz CT molecular complexity index is 1380. The molecule has 1 unspecified atom stereocenters. The number of ketones is 1. The number of halogens is 3. The summed E-state index contributed by atoms with van der Waals surface area (Å²) < 4.78 is 5.38. The molecule has 0 fully saturated rings. The minimum atomic E-state index is -1.81. The van der Waals surface area contributed by atoms with Crippen LogP contribution in [0.1, 0.15) is 31.7 Å². The molecule has 2 heterocycles. The smallest absolute Gasteiger partial charge is 0.339 e. The van der Waals surface area contributed by atoms with E-state index in [2.05, 4.69) is 5.32 Å². The van der Waals surface area contributed by atoms with Crippen LogP contribution >= 0.6 is 34.8 Å². The molecule has 1 aliphatic carbocycles. The topological polar surface area (TPSA) is 102 Å². The monoisotopic (exact) mass is 531 g/mol. The first-order chi connectivity index (χ1) is 16.7. The van der Waals surface area contributed by atoms with Crippen molar-refractivity contribution in [1.29, 1.82) is 0 Å². The first kappa shape index (κ1) is 23.7. The van der Waals surface area contributed by atoms with E-state index in [1.165, 1.54) is 0 Å². The molecule has 2 aromatic rings. The third-order valence-corrected chi connectivity index (χ3v) is 7.57. The molecule has 3 N–H and O–H groups in total. The summed E-state index contributed by atoms with van der Waals surface area (Å²) in [6, 6.07) is 9.83. The molecule has 180 valence electrons. The van der Waals surface area contributed by atoms with Gasteiger partial charge in [0.05, 0.1) is 22.3 Å². The van der Waals surface area contributed by atoms with Gasteiger partial charge in [0.15, 0.2) is 5.78 Å². The summed E-state index contributed by atoms with van der Waals surface area (Å²) in [5.74, 6) is -1.72. The standard InChI is InChI=1S/C25H20Cl3N3O4/c1-2-35-23(33)20-22(29)31(17-7-3-5-14(27)21(17)28)16-6-4-8-18(32)19(16)25(20)13-11-12(26)9-10-15(13)30-24(25)34/h3,5,7,9-11H,2,4,6,8,29H2,1H3,(H,30,34). The zero-order chi connectivity index (χ0) is 25.1. The predicted molar refractivity (Wildman–Crippen MR) is 134 cm³/mol. The summed E-state index contributed by atoms with van der Waals surface area (Å²) in [5, 5.41) is 3.62. The largest absolute Gasteiger partial charge is 0.462 e. The molecule has 2 aliphatic heterocycles. The quantitative estimate of drug-likeness (QED) is 0.534. The lowest BCUT2D eigenvalue weighted by atomic mass is 9.63. The van der Waals surface area contributed by atoms with Crippen molar-refractivity contribution in [3.05, 3.63) is 79.7 Å². The van der Waals surface area contributed by atoms with E-state index in [1.54, 1.807) is 48.2 Å². The summed E-state index contributed by atoms with van der Waals surface area (Å²) in [7, 11) is 0. The number of Topliss-reactive ketones (excluding diaryl/α,β-unsaturated/α-hetero) is 1. The first-order valence-corrected chi connectivity index (χ1v) is 12.2. The van der Waals surface area contributed by atoms with Gasteiger partial charge in [-0.3, -0.25) is 14.5 Å². The number of benzene rings is 2. The van der Waals surface area contributed by atoms with Gasteiger partial charge in [-0.25, -0.2) is 4.79 Å². The van der Waals surface area contributed by atoms with Crippen molar-refractivity contribution in [1.82, 2.24) is 0 Å². The second kappa shape index (κ2) is 8.59. The minimum absolute atomic E-state index is 0.0352. The number of hydrogen-bond donors (Lipinski definition) is 2. The first-order valence-electron chi connectivity index (χ1n) is 11.0. The van der Waals surface area contributed by atoms with E-state index in [4.69, 9.17) is 45.3 Å². The van der Waals surface area contributed by atoms with E-state index in [1.807, 2.05) is 0 Å². The Hall–Kier alpha value is -3.00. The van der Waals surface area contributed by atoms with Crippen LogP contribution in [0.25, 0.3) is 0 Å². The van der Waals surface area contributed by atoms with Crippen molar-refractivity contribution in [2.45, 2.75) is 31.6 Å². The molecule has 0 radical (unpaired) electrons. The molecule has 7 nitrogen and oxygen atoms in total. The van der Waals surface area contributed by atoms with Crippen LogP contribution in [-0.4, -0.2) is 24.3 Å². The number of nitrogens with one attached hydrogen (secondary N) is 1. The summed E-state index contributed by atoms with van der Waals surface area (Å²) in [6.45, 7) is 1.68. The summed E-state index contributed by atoms with van der Waals surface area (Å²) in [6.07, 6.45) is 1.16. The number of nitrogens with zero attached hydrogens (tertiary/aromatic N) is 1. The molecule has 1 atom stereocenters. The van der Waals surface area contributed by atoms with Crippen molar-refractivity contribution >= 4 is 63.8 Å². The molecule has 3 aliphatic rings. The number of amides is 1. The van der Waals surface area contributed by atoms with Gasteiger partial charge in [0.1, 0.15) is 16.8 Å². The second-order valence-corrected chi connectivity index (χ2v) is 9.60. The van der Waals surface area contributed by atoms with Crippen LogP contribution < -0.4 is 16.0 Å². The van der Waals surface area contributed by atoms with Gasteiger partial charge in [-0.15, -0.1) is 0 Å². The van der Waals surface area contributed by atoms with Crippen molar-refractivity contribution in [3.63, 3.8) is 0 Å². The van der Waals surface area contributed by atoms with Crippen molar-refractivity contribution < 1.29 is 19.1 Å². The molecular weight excluding hydrogens is 513 g/mol. The molecule has 5 rings (SSSR count). The Kier molecular flexibility index (Phi) is 5.82. The van der Waals surface area contributed by atoms with Gasteiger partial charge >= 0.3 is 5.97 Å². The number of fused-ring (bicyclic) bond motifs is 3. The lowest BCUT2D eigenvalue weighted by molar-refractivity contribution is -0.140. The third-order valence-electron chi connectivity index (χ3n) is 6.53. The predicted octanol–water partition coefficient (Wildman–Crippen LogP) is 5.10. The van der Waals surface area contributed by atoms with Gasteiger partial charge in [-0.05, 0) is 50.1 Å². The van der Waals surface area contributed by atoms with Gasteiger partial charge in [-0.2, -0.15) is 0 Å². The minimum Gasteiger partial charge on any atom is -0.462 e. The highest BCUT2D eigenvalue weighted by molar-refractivity contribution is 6.44. The fraction of sp³-hybridized carbons (Fsp3) is 0.240. The maximum Gasteiger partial charge on any atom is 0.339 e. The van der Waals surface area contributed by atoms with Crippen LogP contribution in [-0.2, 0) is 24.5 Å². The van der Waals surface area contributed by atoms with E-state index in [9.17, 15) is 14.4 Å². The Morgan fingerprint density at radius 2 is 1.94 bits per heavy atom. The van der Waals surface area contributed by atoms with Gasteiger partial charge in [0.25, 0.3) is 0 Å². The molecule has 0 saturated carbocycles. The van der Waals surface area contributed by atoms with Gasteiger partial charge < -0.3 is 15.8 Å². The molecule has 0 aromatic heterocycles. The Balaban J connectivity index is 1.93. The van der Waals surface area contributed by atoms with Crippen molar-refractivity contribution in [3.8, 4) is 0 Å². The fourth-order valence-electron chi connectivity index (χ4n) is 5.22. The zero-order valence-corrected chi connectivity index (χ0v) is 20.9. The lowest BCUT2D eigenvalue weighted by Gasteiger charge is -2.44. The second-order valence-electron chi connectivity index (χ2n) is 8.38. The van der Waals surface area contributed by atoms with Crippen molar-refractivity contribution in [2.75, 3.05) is 16.8 Å². The average molecular weight is 533 g/mol. The SMILES string of the molecule is CCOC(=O)C1=C(N)N(c2cccc(Cl)c2Cl)C2=C(C(=O)CCC2)C12C(=O)Nc1ccc(Cl)cc12. The molecular formula is C25H20Cl3N3O4. The number of hydrogen-bond acceptors (Lipinski definition) is 6. The maximum atomic E-state index is 13.8. The highest BCUT2D eigenvalue weighted by Gasteiger charge is 2.62. The number of ether oxygens (including phenoxy) is 1. The summed E-state index contributed by atoms with van der Waals surface area (Å²) in [5.41, 5.74) is 6.59. The highest BCUT2D eigenvalue weighted by atomic mass is 35.5. The molecule has 10 heteroatoms. The third kappa shape index (κ3) is 3.29.